The van der Waals surface area contributed by atoms with Crippen LogP contribution in [0.25, 0.3) is 0 Å². The molecule has 3 aliphatic carbocycles. The lowest BCUT2D eigenvalue weighted by molar-refractivity contribution is 0.289. The molecule has 13 heavy (non-hydrogen) atoms. The number of hydrogen-bond donors (Lipinski definition) is 0. The average molecular weight is 170 g/mol. The predicted molar refractivity (Wildman–Crippen MR) is 55.1 cm³/mol. The predicted octanol–water partition coefficient (Wildman–Crippen LogP) is 3.11. The first-order valence-corrected chi connectivity index (χ1v) is 5.08. The minimum Gasteiger partial charge on any atom is -0.0806 e. The SMILES string of the molecule is CC1=C[C@@H]2[C@H]1[C@@H]1C=C/C=C/[C@@H]2C=C1. The van der Waals surface area contributed by atoms with Crippen LogP contribution in [0.2, 0.25) is 0 Å². The third kappa shape index (κ3) is 0.918. The first-order chi connectivity index (χ1) is 6.36. The summed E-state index contributed by atoms with van der Waals surface area (Å²) in [6, 6.07) is 0. The zero-order valence-electron chi connectivity index (χ0n) is 7.85. The zero-order valence-corrected chi connectivity index (χ0v) is 7.85. The van der Waals surface area contributed by atoms with Gasteiger partial charge < -0.3 is 0 Å². The van der Waals surface area contributed by atoms with Crippen molar-refractivity contribution in [2.45, 2.75) is 6.92 Å². The quantitative estimate of drug-likeness (QED) is 0.490. The maximum atomic E-state index is 2.44. The van der Waals surface area contributed by atoms with Crippen LogP contribution < -0.4 is 0 Å². The van der Waals surface area contributed by atoms with E-state index >= 15 is 0 Å². The lowest BCUT2D eigenvalue weighted by atomic mass is 9.60. The largest absolute Gasteiger partial charge is 0.0806 e. The highest BCUT2D eigenvalue weighted by molar-refractivity contribution is 5.35. The van der Waals surface area contributed by atoms with Gasteiger partial charge in [-0.2, -0.15) is 0 Å². The molecule has 66 valence electrons. The molecule has 0 amide bonds. The van der Waals surface area contributed by atoms with Crippen LogP contribution >= 0.6 is 0 Å². The molecule has 0 heterocycles. The van der Waals surface area contributed by atoms with Crippen molar-refractivity contribution < 1.29 is 0 Å². The Hall–Kier alpha value is -1.04. The highest BCUT2D eigenvalue weighted by atomic mass is 14.4. The summed E-state index contributed by atoms with van der Waals surface area (Å²) >= 11 is 0. The Morgan fingerprint density at radius 1 is 0.923 bits per heavy atom. The van der Waals surface area contributed by atoms with E-state index in [1.807, 2.05) is 0 Å². The van der Waals surface area contributed by atoms with Crippen molar-refractivity contribution in [2.24, 2.45) is 23.7 Å². The summed E-state index contributed by atoms with van der Waals surface area (Å²) in [6.07, 6.45) is 16.2. The van der Waals surface area contributed by atoms with Gasteiger partial charge in [-0.05, 0) is 18.8 Å². The molecule has 0 heteroatoms. The third-order valence-electron chi connectivity index (χ3n) is 3.59. The van der Waals surface area contributed by atoms with E-state index in [0.29, 0.717) is 11.8 Å². The molecule has 0 radical (unpaired) electrons. The van der Waals surface area contributed by atoms with Crippen LogP contribution in [0.1, 0.15) is 6.92 Å². The van der Waals surface area contributed by atoms with Gasteiger partial charge in [-0.3, -0.25) is 0 Å². The second-order valence-corrected chi connectivity index (χ2v) is 4.32. The Kier molecular flexibility index (Phi) is 1.40. The van der Waals surface area contributed by atoms with Crippen LogP contribution in [0.5, 0.6) is 0 Å². The fourth-order valence-electron chi connectivity index (χ4n) is 2.88. The van der Waals surface area contributed by atoms with E-state index in [9.17, 15) is 0 Å². The van der Waals surface area contributed by atoms with Gasteiger partial charge >= 0.3 is 0 Å². The second-order valence-electron chi connectivity index (χ2n) is 4.32. The van der Waals surface area contributed by atoms with Gasteiger partial charge in [0, 0.05) is 11.8 Å². The van der Waals surface area contributed by atoms with E-state index in [2.05, 4.69) is 49.5 Å². The number of allylic oxidation sites excluding steroid dienone is 8. The van der Waals surface area contributed by atoms with Gasteiger partial charge in [0.1, 0.15) is 0 Å². The van der Waals surface area contributed by atoms with Crippen molar-refractivity contribution in [2.75, 3.05) is 0 Å². The lowest BCUT2D eigenvalue weighted by Crippen LogP contribution is -2.36. The van der Waals surface area contributed by atoms with Gasteiger partial charge in [-0.25, -0.2) is 0 Å². The Labute approximate surface area is 79.3 Å². The van der Waals surface area contributed by atoms with Crippen LogP contribution in [0.3, 0.4) is 0 Å². The summed E-state index contributed by atoms with van der Waals surface area (Å²) in [5.74, 6) is 2.92. The molecule has 0 fully saturated rings. The summed E-state index contributed by atoms with van der Waals surface area (Å²) in [4.78, 5) is 0. The van der Waals surface area contributed by atoms with Gasteiger partial charge in [-0.1, -0.05) is 48.1 Å². The van der Waals surface area contributed by atoms with Crippen molar-refractivity contribution >= 4 is 0 Å². The summed E-state index contributed by atoms with van der Waals surface area (Å²) in [5, 5.41) is 0. The molecule has 0 aromatic heterocycles. The van der Waals surface area contributed by atoms with Crippen molar-refractivity contribution in [1.29, 1.82) is 0 Å². The monoisotopic (exact) mass is 170 g/mol. The molecule has 0 unspecified atom stereocenters. The van der Waals surface area contributed by atoms with Crippen LogP contribution in [-0.4, -0.2) is 0 Å². The van der Waals surface area contributed by atoms with Gasteiger partial charge in [0.15, 0.2) is 0 Å². The molecule has 0 spiro atoms. The van der Waals surface area contributed by atoms with Crippen LogP contribution in [0.15, 0.2) is 48.1 Å². The van der Waals surface area contributed by atoms with Gasteiger partial charge in [0.2, 0.25) is 0 Å². The van der Waals surface area contributed by atoms with Crippen molar-refractivity contribution in [3.8, 4) is 0 Å². The van der Waals surface area contributed by atoms with E-state index < -0.39 is 0 Å². The topological polar surface area (TPSA) is 0 Å². The molecule has 0 aromatic carbocycles. The van der Waals surface area contributed by atoms with E-state index in [1.54, 1.807) is 5.57 Å². The Morgan fingerprint density at radius 3 is 2.38 bits per heavy atom. The summed E-state index contributed by atoms with van der Waals surface area (Å²) in [6.45, 7) is 2.27. The van der Waals surface area contributed by atoms with E-state index in [1.165, 1.54) is 0 Å². The summed E-state index contributed by atoms with van der Waals surface area (Å²) in [7, 11) is 0. The van der Waals surface area contributed by atoms with Gasteiger partial charge in [-0.15, -0.1) is 0 Å². The minimum absolute atomic E-state index is 0.662. The molecule has 3 aliphatic rings. The standard InChI is InChI=1S/C13H14/c1-9-8-12-10-4-2-3-5-11(7-6-10)13(9)12/h2-8,10-13H,1H3/b4-2+,5-3?/t10-,11-,12+,13-/m1/s1. The second kappa shape index (κ2) is 2.47. The maximum absolute atomic E-state index is 2.44. The molecule has 0 saturated heterocycles. The average Bonchev–Trinajstić information content (AvgIpc) is 2.06. The molecule has 3 rings (SSSR count). The highest BCUT2D eigenvalue weighted by Gasteiger charge is 2.40. The van der Waals surface area contributed by atoms with Crippen LogP contribution in [-0.2, 0) is 0 Å². The van der Waals surface area contributed by atoms with Crippen molar-refractivity contribution in [3.63, 3.8) is 0 Å². The van der Waals surface area contributed by atoms with Crippen LogP contribution in [0.4, 0.5) is 0 Å². The summed E-state index contributed by atoms with van der Waals surface area (Å²) < 4.78 is 0. The first kappa shape index (κ1) is 7.37. The molecular formula is C13H14. The van der Waals surface area contributed by atoms with Crippen molar-refractivity contribution in [1.82, 2.24) is 0 Å². The van der Waals surface area contributed by atoms with Crippen LogP contribution in [0, 0.1) is 23.7 Å². The zero-order chi connectivity index (χ0) is 8.84. The number of rotatable bonds is 0. The third-order valence-corrected chi connectivity index (χ3v) is 3.59. The summed E-state index contributed by atoms with van der Waals surface area (Å²) in [5.41, 5.74) is 1.59. The Balaban J connectivity index is 2.08. The molecule has 2 bridgehead atoms. The molecule has 0 aromatic rings. The van der Waals surface area contributed by atoms with E-state index in [-0.39, 0.29) is 0 Å². The molecule has 0 aliphatic heterocycles. The number of hydrogen-bond acceptors (Lipinski definition) is 0. The van der Waals surface area contributed by atoms with Gasteiger partial charge in [0.05, 0.1) is 0 Å². The molecule has 0 N–H and O–H groups in total. The van der Waals surface area contributed by atoms with Gasteiger partial charge in [0.25, 0.3) is 0 Å². The molecule has 0 nitrogen and oxygen atoms in total. The minimum atomic E-state index is 0.662. The molecule has 0 saturated carbocycles. The Morgan fingerprint density at radius 2 is 1.62 bits per heavy atom. The van der Waals surface area contributed by atoms with E-state index in [4.69, 9.17) is 0 Å². The first-order valence-electron chi connectivity index (χ1n) is 5.08. The fourth-order valence-corrected chi connectivity index (χ4v) is 2.88. The van der Waals surface area contributed by atoms with Crippen molar-refractivity contribution in [3.05, 3.63) is 48.1 Å². The molecule has 4 atom stereocenters. The smallest absolute Gasteiger partial charge is 0.00213 e. The highest BCUT2D eigenvalue weighted by Crippen LogP contribution is 2.48. The maximum Gasteiger partial charge on any atom is 0.00213 e. The normalized spacial score (nSPS) is 47.3. The fraction of sp³-hybridized carbons (Fsp3) is 0.385. The lowest BCUT2D eigenvalue weighted by Gasteiger charge is -2.44. The molecular weight excluding hydrogens is 156 g/mol. The van der Waals surface area contributed by atoms with E-state index in [0.717, 1.165) is 11.8 Å². The Bertz CT molecular complexity index is 341.